The van der Waals surface area contributed by atoms with E-state index in [0.29, 0.717) is 42.5 Å². The topological polar surface area (TPSA) is 98.3 Å². The van der Waals surface area contributed by atoms with Crippen LogP contribution in [0.1, 0.15) is 30.7 Å². The van der Waals surface area contributed by atoms with Crippen molar-refractivity contribution in [3.05, 3.63) is 23.8 Å². The molecule has 0 saturated carbocycles. The summed E-state index contributed by atoms with van der Waals surface area (Å²) >= 11 is 0. The first kappa shape index (κ1) is 19.1. The Kier molecular flexibility index (Phi) is 5.24. The van der Waals surface area contributed by atoms with Crippen LogP contribution in [0.25, 0.3) is 0 Å². The van der Waals surface area contributed by atoms with Crippen LogP contribution in [0.5, 0.6) is 0 Å². The van der Waals surface area contributed by atoms with Gasteiger partial charge < -0.3 is 9.80 Å². The molecule has 0 aliphatic carbocycles. The molecule has 0 amide bonds. The lowest BCUT2D eigenvalue weighted by Gasteiger charge is -2.35. The second-order valence-corrected chi connectivity index (χ2v) is 9.31. The molecular formula is C18H27N7O2S. The Morgan fingerprint density at radius 2 is 1.50 bits per heavy atom. The largest absolute Gasteiger partial charge is 0.356 e. The molecule has 0 radical (unpaired) electrons. The highest BCUT2D eigenvalue weighted by atomic mass is 32.2. The quantitative estimate of drug-likeness (QED) is 0.819. The van der Waals surface area contributed by atoms with Gasteiger partial charge in [-0.05, 0) is 33.1 Å². The maximum atomic E-state index is 13.0. The number of hydrogen-bond acceptors (Lipinski definition) is 7. The first-order valence-electron chi connectivity index (χ1n) is 9.80. The van der Waals surface area contributed by atoms with Crippen molar-refractivity contribution in [3.63, 3.8) is 0 Å². The van der Waals surface area contributed by atoms with E-state index in [0.717, 1.165) is 24.7 Å². The summed E-state index contributed by atoms with van der Waals surface area (Å²) < 4.78 is 27.6. The molecule has 2 fully saturated rings. The fourth-order valence-electron chi connectivity index (χ4n) is 4.01. The number of nitrogens with zero attached hydrogens (tertiary/aromatic N) is 6. The van der Waals surface area contributed by atoms with E-state index in [4.69, 9.17) is 0 Å². The average molecular weight is 406 g/mol. The molecule has 10 heteroatoms. The van der Waals surface area contributed by atoms with Crippen molar-refractivity contribution < 1.29 is 8.42 Å². The summed E-state index contributed by atoms with van der Waals surface area (Å²) in [5.41, 5.74) is 1.10. The van der Waals surface area contributed by atoms with E-state index in [1.165, 1.54) is 19.3 Å². The third kappa shape index (κ3) is 3.58. The van der Waals surface area contributed by atoms with Crippen molar-refractivity contribution in [2.75, 3.05) is 49.1 Å². The lowest BCUT2D eigenvalue weighted by Crippen LogP contribution is -2.49. The van der Waals surface area contributed by atoms with Gasteiger partial charge in [0.1, 0.15) is 22.9 Å². The number of piperidine rings is 1. The Morgan fingerprint density at radius 1 is 0.893 bits per heavy atom. The minimum Gasteiger partial charge on any atom is -0.356 e. The molecule has 4 rings (SSSR count). The average Bonchev–Trinajstić information content (AvgIpc) is 3.08. The number of aromatic amines is 1. The number of rotatable bonds is 4. The molecule has 1 N–H and O–H groups in total. The first-order chi connectivity index (χ1) is 13.5. The van der Waals surface area contributed by atoms with Crippen LogP contribution < -0.4 is 9.80 Å². The summed E-state index contributed by atoms with van der Waals surface area (Å²) in [6, 6.07) is 2.03. The monoisotopic (exact) mass is 405 g/mol. The van der Waals surface area contributed by atoms with Gasteiger partial charge in [0.25, 0.3) is 0 Å². The molecule has 152 valence electrons. The molecule has 28 heavy (non-hydrogen) atoms. The van der Waals surface area contributed by atoms with Crippen LogP contribution in [-0.4, -0.2) is 72.2 Å². The predicted molar refractivity (Wildman–Crippen MR) is 107 cm³/mol. The molecule has 9 nitrogen and oxygen atoms in total. The number of hydrogen-bond donors (Lipinski definition) is 1. The van der Waals surface area contributed by atoms with Crippen LogP contribution >= 0.6 is 0 Å². The van der Waals surface area contributed by atoms with Crippen LogP contribution in [0.4, 0.5) is 11.6 Å². The van der Waals surface area contributed by atoms with E-state index in [1.807, 2.05) is 6.07 Å². The van der Waals surface area contributed by atoms with E-state index >= 15 is 0 Å². The van der Waals surface area contributed by atoms with Gasteiger partial charge in [0, 0.05) is 45.3 Å². The summed E-state index contributed by atoms with van der Waals surface area (Å²) in [5.74, 6) is 1.83. The van der Waals surface area contributed by atoms with E-state index in [1.54, 1.807) is 24.5 Å². The minimum absolute atomic E-state index is 0.301. The molecule has 2 aliphatic rings. The van der Waals surface area contributed by atoms with Crippen LogP contribution in [-0.2, 0) is 10.0 Å². The second-order valence-electron chi connectivity index (χ2n) is 7.44. The molecule has 2 aromatic rings. The highest BCUT2D eigenvalue weighted by molar-refractivity contribution is 7.89. The minimum atomic E-state index is -3.54. The highest BCUT2D eigenvalue weighted by Gasteiger charge is 2.32. The van der Waals surface area contributed by atoms with Gasteiger partial charge in [-0.2, -0.15) is 9.40 Å². The molecule has 4 heterocycles. The SMILES string of the molecule is Cc1n[nH]c(C)c1S(=O)(=O)N1CCN(c2cc(N3CCCCC3)ncn2)CC1. The van der Waals surface area contributed by atoms with Crippen molar-refractivity contribution in [3.8, 4) is 0 Å². The number of aromatic nitrogens is 4. The normalized spacial score (nSPS) is 19.2. The van der Waals surface area contributed by atoms with Gasteiger partial charge in [0.15, 0.2) is 0 Å². The zero-order chi connectivity index (χ0) is 19.7. The lowest BCUT2D eigenvalue weighted by atomic mass is 10.1. The number of anilines is 2. The van der Waals surface area contributed by atoms with E-state index < -0.39 is 10.0 Å². The Labute approximate surface area is 165 Å². The first-order valence-corrected chi connectivity index (χ1v) is 11.2. The fourth-order valence-corrected chi connectivity index (χ4v) is 5.77. The standard InChI is InChI=1S/C18H27N7O2S/c1-14-18(15(2)22-21-14)28(26,27)25-10-8-24(9-11-25)17-12-16(19-13-20-17)23-6-4-3-5-7-23/h12-13H,3-11H2,1-2H3,(H,21,22). The van der Waals surface area contributed by atoms with Crippen molar-refractivity contribution in [1.82, 2.24) is 24.5 Å². The van der Waals surface area contributed by atoms with Gasteiger partial charge in [0.2, 0.25) is 10.0 Å². The number of H-pyrrole nitrogens is 1. The number of aryl methyl sites for hydroxylation is 2. The van der Waals surface area contributed by atoms with Gasteiger partial charge >= 0.3 is 0 Å². The second kappa shape index (κ2) is 7.67. The molecule has 2 aliphatic heterocycles. The predicted octanol–water partition coefficient (Wildman–Crippen LogP) is 1.32. The van der Waals surface area contributed by atoms with E-state index in [2.05, 4.69) is 30.0 Å². The van der Waals surface area contributed by atoms with Crippen molar-refractivity contribution in [1.29, 1.82) is 0 Å². The fraction of sp³-hybridized carbons (Fsp3) is 0.611. The third-order valence-corrected chi connectivity index (χ3v) is 7.70. The van der Waals surface area contributed by atoms with Crippen LogP contribution in [0.3, 0.4) is 0 Å². The van der Waals surface area contributed by atoms with Gasteiger partial charge in [-0.15, -0.1) is 0 Å². The van der Waals surface area contributed by atoms with Crippen molar-refractivity contribution in [2.45, 2.75) is 38.0 Å². The molecule has 0 spiro atoms. The number of sulfonamides is 1. The number of piperazine rings is 1. The maximum absolute atomic E-state index is 13.0. The van der Waals surface area contributed by atoms with Crippen LogP contribution in [0.2, 0.25) is 0 Å². The smallest absolute Gasteiger partial charge is 0.246 e. The Hall–Kier alpha value is -2.20. The third-order valence-electron chi connectivity index (χ3n) is 5.54. The molecule has 0 bridgehead atoms. The molecular weight excluding hydrogens is 378 g/mol. The van der Waals surface area contributed by atoms with Crippen LogP contribution in [0, 0.1) is 13.8 Å². The lowest BCUT2D eigenvalue weighted by molar-refractivity contribution is 0.383. The van der Waals surface area contributed by atoms with Crippen molar-refractivity contribution in [2.24, 2.45) is 0 Å². The summed E-state index contributed by atoms with van der Waals surface area (Å²) in [4.78, 5) is 13.6. The highest BCUT2D eigenvalue weighted by Crippen LogP contribution is 2.25. The van der Waals surface area contributed by atoms with Crippen LogP contribution in [0.15, 0.2) is 17.3 Å². The molecule has 0 unspecified atom stereocenters. The molecule has 2 aromatic heterocycles. The van der Waals surface area contributed by atoms with Crippen molar-refractivity contribution >= 4 is 21.7 Å². The summed E-state index contributed by atoms with van der Waals surface area (Å²) in [5, 5.41) is 6.80. The van der Waals surface area contributed by atoms with Gasteiger partial charge in [-0.25, -0.2) is 18.4 Å². The zero-order valence-corrected chi connectivity index (χ0v) is 17.2. The number of nitrogens with one attached hydrogen (secondary N) is 1. The Balaban J connectivity index is 1.46. The Morgan fingerprint density at radius 3 is 2.07 bits per heavy atom. The Bertz CT molecular complexity index is 910. The van der Waals surface area contributed by atoms with Gasteiger partial charge in [-0.3, -0.25) is 5.10 Å². The van der Waals surface area contributed by atoms with E-state index in [-0.39, 0.29) is 0 Å². The molecule has 0 atom stereocenters. The summed E-state index contributed by atoms with van der Waals surface area (Å²) in [7, 11) is -3.54. The molecule has 0 aromatic carbocycles. The summed E-state index contributed by atoms with van der Waals surface area (Å²) in [6.07, 6.45) is 5.28. The summed E-state index contributed by atoms with van der Waals surface area (Å²) in [6.45, 7) is 7.59. The zero-order valence-electron chi connectivity index (χ0n) is 16.4. The van der Waals surface area contributed by atoms with Gasteiger partial charge in [0.05, 0.1) is 11.4 Å². The van der Waals surface area contributed by atoms with Gasteiger partial charge in [-0.1, -0.05) is 0 Å². The maximum Gasteiger partial charge on any atom is 0.246 e. The van der Waals surface area contributed by atoms with E-state index in [9.17, 15) is 8.42 Å². The molecule has 2 saturated heterocycles.